The van der Waals surface area contributed by atoms with Crippen LogP contribution in [0.15, 0.2) is 33.6 Å². The summed E-state index contributed by atoms with van der Waals surface area (Å²) in [4.78, 5) is 11.9. The average Bonchev–Trinajstić information content (AvgIpc) is 2.94. The Balaban J connectivity index is 2.07. The molecule has 7 nitrogen and oxygen atoms in total. The lowest BCUT2D eigenvalue weighted by molar-refractivity contribution is -0.119. The molecule has 24 heavy (non-hydrogen) atoms. The lowest BCUT2D eigenvalue weighted by Gasteiger charge is -2.08. The molecular weight excluding hydrogens is 330 g/mol. The zero-order chi connectivity index (χ0) is 17.9. The molecule has 0 bridgehead atoms. The van der Waals surface area contributed by atoms with Gasteiger partial charge in [-0.05, 0) is 31.5 Å². The van der Waals surface area contributed by atoms with E-state index < -0.39 is 15.1 Å². The molecule has 2 aromatic rings. The minimum absolute atomic E-state index is 0.0581. The van der Waals surface area contributed by atoms with Crippen LogP contribution in [0.2, 0.25) is 0 Å². The predicted octanol–water partition coefficient (Wildman–Crippen LogP) is 2.44. The highest BCUT2D eigenvalue weighted by Crippen LogP contribution is 2.18. The highest BCUT2D eigenvalue weighted by molar-refractivity contribution is 7.92. The fourth-order valence-electron chi connectivity index (χ4n) is 1.87. The zero-order valence-corrected chi connectivity index (χ0v) is 14.9. The Morgan fingerprint density at radius 2 is 1.75 bits per heavy atom. The number of amides is 1. The van der Waals surface area contributed by atoms with Gasteiger partial charge >= 0.3 is 6.01 Å². The average molecular weight is 351 g/mol. The minimum atomic E-state index is -3.28. The summed E-state index contributed by atoms with van der Waals surface area (Å²) in [5, 5.41) is 9.71. The summed E-state index contributed by atoms with van der Waals surface area (Å²) in [6.45, 7) is 6.82. The molecule has 0 saturated carbocycles. The standard InChI is InChI=1S/C16H21N3O4S/c1-10(2)15(20)17-16-19-18-14(23-16)9-12-5-7-13(8-6-12)24(21,22)11(3)4/h5-8,10-11H,9H2,1-4H3,(H,17,19,20). The van der Waals surface area contributed by atoms with E-state index in [0.29, 0.717) is 12.3 Å². The maximum Gasteiger partial charge on any atom is 0.322 e. The van der Waals surface area contributed by atoms with Crippen molar-refractivity contribution in [3.8, 4) is 0 Å². The van der Waals surface area contributed by atoms with Crippen molar-refractivity contribution in [1.82, 2.24) is 10.2 Å². The van der Waals surface area contributed by atoms with Gasteiger partial charge in [-0.15, -0.1) is 5.10 Å². The summed E-state index contributed by atoms with van der Waals surface area (Å²) >= 11 is 0. The van der Waals surface area contributed by atoms with E-state index in [1.54, 1.807) is 52.0 Å². The normalized spacial score (nSPS) is 11.9. The Kier molecular flexibility index (Phi) is 5.38. The Bertz CT molecular complexity index is 808. The molecular formula is C16H21N3O4S. The van der Waals surface area contributed by atoms with Gasteiger partial charge in [0.2, 0.25) is 11.8 Å². The third-order valence-electron chi connectivity index (χ3n) is 3.45. The van der Waals surface area contributed by atoms with Crippen molar-refractivity contribution in [1.29, 1.82) is 0 Å². The van der Waals surface area contributed by atoms with Gasteiger partial charge in [0.1, 0.15) is 0 Å². The maximum absolute atomic E-state index is 12.1. The smallest absolute Gasteiger partial charge is 0.322 e. The van der Waals surface area contributed by atoms with Gasteiger partial charge in [0, 0.05) is 5.92 Å². The summed E-state index contributed by atoms with van der Waals surface area (Å²) in [5.41, 5.74) is 0.836. The van der Waals surface area contributed by atoms with Crippen LogP contribution >= 0.6 is 0 Å². The number of nitrogens with one attached hydrogen (secondary N) is 1. The number of hydrogen-bond acceptors (Lipinski definition) is 6. The second-order valence-corrected chi connectivity index (χ2v) is 8.56. The molecule has 0 radical (unpaired) electrons. The predicted molar refractivity (Wildman–Crippen MR) is 89.3 cm³/mol. The first-order valence-corrected chi connectivity index (χ1v) is 9.21. The molecule has 0 aliphatic carbocycles. The molecule has 1 aromatic heterocycles. The van der Waals surface area contributed by atoms with Crippen LogP contribution in [-0.2, 0) is 21.1 Å². The molecule has 0 saturated heterocycles. The number of carbonyl (C=O) groups is 1. The van der Waals surface area contributed by atoms with Crippen LogP contribution in [0.5, 0.6) is 0 Å². The largest absolute Gasteiger partial charge is 0.407 e. The van der Waals surface area contributed by atoms with Gasteiger partial charge in [0.15, 0.2) is 9.84 Å². The van der Waals surface area contributed by atoms with Crippen molar-refractivity contribution in [2.24, 2.45) is 5.92 Å². The van der Waals surface area contributed by atoms with Crippen molar-refractivity contribution in [3.63, 3.8) is 0 Å². The second-order valence-electron chi connectivity index (χ2n) is 6.06. The SMILES string of the molecule is CC(C)C(=O)Nc1nnc(Cc2ccc(S(=O)(=O)C(C)C)cc2)o1. The molecule has 1 amide bonds. The van der Waals surface area contributed by atoms with Crippen LogP contribution in [0.1, 0.15) is 39.1 Å². The van der Waals surface area contributed by atoms with E-state index in [2.05, 4.69) is 15.5 Å². The summed E-state index contributed by atoms with van der Waals surface area (Å²) in [7, 11) is -3.28. The first-order valence-electron chi connectivity index (χ1n) is 7.66. The molecule has 0 aliphatic heterocycles. The molecule has 130 valence electrons. The van der Waals surface area contributed by atoms with Crippen LogP contribution in [0, 0.1) is 5.92 Å². The second kappa shape index (κ2) is 7.12. The highest BCUT2D eigenvalue weighted by atomic mass is 32.2. The van der Waals surface area contributed by atoms with Gasteiger partial charge in [-0.2, -0.15) is 0 Å². The molecule has 1 N–H and O–H groups in total. The van der Waals surface area contributed by atoms with E-state index in [1.807, 2.05) is 0 Å². The number of aromatic nitrogens is 2. The van der Waals surface area contributed by atoms with Crippen LogP contribution in [0.25, 0.3) is 0 Å². The summed E-state index contributed by atoms with van der Waals surface area (Å²) in [5.74, 6) is -0.0437. The Hall–Kier alpha value is -2.22. The van der Waals surface area contributed by atoms with Gasteiger partial charge in [-0.1, -0.05) is 31.1 Å². The quantitative estimate of drug-likeness (QED) is 0.857. The van der Waals surface area contributed by atoms with E-state index in [9.17, 15) is 13.2 Å². The Morgan fingerprint density at radius 3 is 2.29 bits per heavy atom. The van der Waals surface area contributed by atoms with E-state index in [-0.39, 0.29) is 22.7 Å². The Morgan fingerprint density at radius 1 is 1.12 bits per heavy atom. The van der Waals surface area contributed by atoms with Crippen molar-refractivity contribution >= 4 is 21.8 Å². The Labute approximate surface area is 141 Å². The number of benzene rings is 1. The van der Waals surface area contributed by atoms with Gasteiger partial charge in [0.25, 0.3) is 0 Å². The van der Waals surface area contributed by atoms with E-state index in [0.717, 1.165) is 5.56 Å². The van der Waals surface area contributed by atoms with Crippen LogP contribution in [-0.4, -0.2) is 29.8 Å². The fourth-order valence-corrected chi connectivity index (χ4v) is 2.93. The van der Waals surface area contributed by atoms with Crippen molar-refractivity contribution < 1.29 is 17.6 Å². The van der Waals surface area contributed by atoms with Crippen molar-refractivity contribution in [2.75, 3.05) is 5.32 Å². The van der Waals surface area contributed by atoms with E-state index in [4.69, 9.17) is 4.42 Å². The number of sulfone groups is 1. The van der Waals surface area contributed by atoms with Gasteiger partial charge in [0.05, 0.1) is 16.6 Å². The van der Waals surface area contributed by atoms with Crippen LogP contribution in [0.4, 0.5) is 6.01 Å². The number of anilines is 1. The monoisotopic (exact) mass is 351 g/mol. The lowest BCUT2D eigenvalue weighted by atomic mass is 10.1. The third-order valence-corrected chi connectivity index (χ3v) is 5.62. The molecule has 0 atom stereocenters. The first-order chi connectivity index (χ1) is 11.2. The summed E-state index contributed by atoms with van der Waals surface area (Å²) in [6, 6.07) is 6.63. The lowest BCUT2D eigenvalue weighted by Crippen LogP contribution is -2.17. The molecule has 1 heterocycles. The number of rotatable bonds is 6. The van der Waals surface area contributed by atoms with E-state index >= 15 is 0 Å². The zero-order valence-electron chi connectivity index (χ0n) is 14.1. The first kappa shape index (κ1) is 18.1. The molecule has 0 unspecified atom stereocenters. The van der Waals surface area contributed by atoms with Gasteiger partial charge in [-0.25, -0.2) is 8.42 Å². The van der Waals surface area contributed by atoms with Gasteiger partial charge in [-0.3, -0.25) is 10.1 Å². The fraction of sp³-hybridized carbons (Fsp3) is 0.438. The topological polar surface area (TPSA) is 102 Å². The molecule has 0 fully saturated rings. The van der Waals surface area contributed by atoms with Crippen molar-refractivity contribution in [3.05, 3.63) is 35.7 Å². The van der Waals surface area contributed by atoms with Crippen molar-refractivity contribution in [2.45, 2.75) is 44.3 Å². The number of nitrogens with zero attached hydrogens (tertiary/aromatic N) is 2. The van der Waals surface area contributed by atoms with Crippen LogP contribution < -0.4 is 5.32 Å². The molecule has 0 aliphatic rings. The minimum Gasteiger partial charge on any atom is -0.407 e. The molecule has 0 spiro atoms. The molecule has 1 aromatic carbocycles. The summed E-state index contributed by atoms with van der Waals surface area (Å²) in [6.07, 6.45) is 0.354. The van der Waals surface area contributed by atoms with E-state index in [1.165, 1.54) is 0 Å². The van der Waals surface area contributed by atoms with Crippen LogP contribution in [0.3, 0.4) is 0 Å². The highest BCUT2D eigenvalue weighted by Gasteiger charge is 2.19. The van der Waals surface area contributed by atoms with Gasteiger partial charge < -0.3 is 4.42 Å². The number of carbonyl (C=O) groups excluding carboxylic acids is 1. The molecule has 8 heteroatoms. The number of hydrogen-bond donors (Lipinski definition) is 1. The maximum atomic E-state index is 12.1. The summed E-state index contributed by atoms with van der Waals surface area (Å²) < 4.78 is 29.5. The third kappa shape index (κ3) is 4.19. The molecule has 2 rings (SSSR count).